The second kappa shape index (κ2) is 8.86. The van der Waals surface area contributed by atoms with E-state index >= 15 is 0 Å². The van der Waals surface area contributed by atoms with E-state index in [0.717, 1.165) is 10.5 Å². The van der Waals surface area contributed by atoms with Crippen LogP contribution in [-0.4, -0.2) is 55.5 Å². The molecule has 3 rings (SSSR count). The van der Waals surface area contributed by atoms with Crippen LogP contribution in [0.2, 0.25) is 5.02 Å². The van der Waals surface area contributed by atoms with Gasteiger partial charge in [-0.15, -0.1) is 11.8 Å². The number of nitrogens with zero attached hydrogens (tertiary/aromatic N) is 2. The summed E-state index contributed by atoms with van der Waals surface area (Å²) >= 11 is 7.58. The molecule has 2 aromatic rings. The topological polar surface area (TPSA) is 57.7 Å². The van der Waals surface area contributed by atoms with Crippen LogP contribution in [0.4, 0.5) is 0 Å². The zero-order chi connectivity index (χ0) is 20.3. The van der Waals surface area contributed by atoms with E-state index in [2.05, 4.69) is 18.2 Å². The van der Waals surface area contributed by atoms with E-state index in [0.29, 0.717) is 18.8 Å². The van der Waals surface area contributed by atoms with Gasteiger partial charge in [-0.3, -0.25) is 4.79 Å². The van der Waals surface area contributed by atoms with Crippen molar-refractivity contribution >= 4 is 39.3 Å². The molecule has 1 saturated heterocycles. The van der Waals surface area contributed by atoms with E-state index < -0.39 is 10.0 Å². The van der Waals surface area contributed by atoms with Gasteiger partial charge in [-0.05, 0) is 37.6 Å². The fraction of sp³-hybridized carbons (Fsp3) is 0.350. The van der Waals surface area contributed by atoms with Crippen molar-refractivity contribution in [1.29, 1.82) is 0 Å². The normalized spacial score (nSPS) is 15.6. The summed E-state index contributed by atoms with van der Waals surface area (Å²) in [5.74, 6) is 0.377. The van der Waals surface area contributed by atoms with Gasteiger partial charge in [-0.25, -0.2) is 8.42 Å². The van der Waals surface area contributed by atoms with Crippen LogP contribution < -0.4 is 0 Å². The molecule has 1 amide bonds. The Labute approximate surface area is 175 Å². The third-order valence-corrected chi connectivity index (χ3v) is 8.28. The molecule has 2 aromatic carbocycles. The number of piperazine rings is 1. The fourth-order valence-corrected chi connectivity index (χ4v) is 6.01. The van der Waals surface area contributed by atoms with Crippen LogP contribution in [0.3, 0.4) is 0 Å². The van der Waals surface area contributed by atoms with Crippen molar-refractivity contribution in [2.75, 3.05) is 31.9 Å². The number of thioether (sulfide) groups is 1. The van der Waals surface area contributed by atoms with Crippen LogP contribution in [0.25, 0.3) is 0 Å². The summed E-state index contributed by atoms with van der Waals surface area (Å²) in [6, 6.07) is 12.6. The quantitative estimate of drug-likeness (QED) is 0.669. The van der Waals surface area contributed by atoms with Gasteiger partial charge < -0.3 is 4.90 Å². The molecule has 0 aromatic heterocycles. The van der Waals surface area contributed by atoms with E-state index in [1.165, 1.54) is 27.7 Å². The Morgan fingerprint density at radius 2 is 1.75 bits per heavy atom. The Bertz CT molecular complexity index is 971. The molecule has 28 heavy (non-hydrogen) atoms. The molecule has 0 N–H and O–H groups in total. The lowest BCUT2D eigenvalue weighted by Crippen LogP contribution is -2.51. The average molecular weight is 439 g/mol. The van der Waals surface area contributed by atoms with E-state index in [4.69, 9.17) is 11.6 Å². The van der Waals surface area contributed by atoms with E-state index in [9.17, 15) is 13.2 Å². The van der Waals surface area contributed by atoms with Crippen LogP contribution in [0.15, 0.2) is 52.3 Å². The molecule has 1 fully saturated rings. The van der Waals surface area contributed by atoms with Crippen molar-refractivity contribution in [3.05, 3.63) is 58.6 Å². The molecule has 0 bridgehead atoms. The molecule has 0 atom stereocenters. The summed E-state index contributed by atoms with van der Waals surface area (Å²) in [6.45, 7) is 5.38. The average Bonchev–Trinajstić information content (AvgIpc) is 2.68. The van der Waals surface area contributed by atoms with Crippen LogP contribution in [0, 0.1) is 13.8 Å². The lowest BCUT2D eigenvalue weighted by Gasteiger charge is -2.34. The maximum absolute atomic E-state index is 12.8. The summed E-state index contributed by atoms with van der Waals surface area (Å²) in [6.07, 6.45) is 0. The highest BCUT2D eigenvalue weighted by Crippen LogP contribution is 2.26. The van der Waals surface area contributed by atoms with Crippen LogP contribution in [-0.2, 0) is 14.8 Å². The third-order valence-electron chi connectivity index (χ3n) is 4.74. The maximum Gasteiger partial charge on any atom is 0.244 e. The third kappa shape index (κ3) is 4.71. The number of benzene rings is 2. The van der Waals surface area contributed by atoms with Gasteiger partial charge in [0.05, 0.1) is 10.8 Å². The molecule has 150 valence electrons. The summed E-state index contributed by atoms with van der Waals surface area (Å²) in [5, 5.41) is 0.214. The highest BCUT2D eigenvalue weighted by molar-refractivity contribution is 8.00. The fourth-order valence-electron chi connectivity index (χ4n) is 3.06. The summed E-state index contributed by atoms with van der Waals surface area (Å²) in [4.78, 5) is 15.5. The zero-order valence-electron chi connectivity index (χ0n) is 15.9. The van der Waals surface area contributed by atoms with Gasteiger partial charge in [0.15, 0.2) is 0 Å². The Kier molecular flexibility index (Phi) is 6.70. The molecule has 1 heterocycles. The van der Waals surface area contributed by atoms with Crippen LogP contribution >= 0.6 is 23.4 Å². The second-order valence-electron chi connectivity index (χ2n) is 6.77. The van der Waals surface area contributed by atoms with Gasteiger partial charge in [-0.2, -0.15) is 4.31 Å². The highest BCUT2D eigenvalue weighted by Gasteiger charge is 2.31. The van der Waals surface area contributed by atoms with Crippen molar-refractivity contribution in [3.8, 4) is 0 Å². The number of sulfonamides is 1. The van der Waals surface area contributed by atoms with Gasteiger partial charge in [0, 0.05) is 31.1 Å². The molecule has 0 spiro atoms. The smallest absolute Gasteiger partial charge is 0.244 e. The van der Waals surface area contributed by atoms with Gasteiger partial charge >= 0.3 is 0 Å². The molecule has 1 aliphatic rings. The Morgan fingerprint density at radius 1 is 1.07 bits per heavy atom. The SMILES string of the molecule is Cc1ccc(C)c(SCC(=O)N2CCN(S(=O)(=O)c3ccccc3Cl)CC2)c1. The summed E-state index contributed by atoms with van der Waals surface area (Å²) in [5.41, 5.74) is 2.32. The second-order valence-corrected chi connectivity index (χ2v) is 10.1. The lowest BCUT2D eigenvalue weighted by molar-refractivity contribution is -0.129. The molecular weight excluding hydrogens is 416 g/mol. The standard InChI is InChI=1S/C20H23ClN2O3S2/c1-15-7-8-16(2)18(13-15)27-14-20(24)22-9-11-23(12-10-22)28(25,26)19-6-4-3-5-17(19)21/h3-8,13H,9-12,14H2,1-2H3. The number of hydrogen-bond donors (Lipinski definition) is 0. The maximum atomic E-state index is 12.8. The number of rotatable bonds is 5. The number of carbonyl (C=O) groups is 1. The first-order chi connectivity index (χ1) is 13.3. The monoisotopic (exact) mass is 438 g/mol. The van der Waals surface area contributed by atoms with Crippen LogP contribution in [0.5, 0.6) is 0 Å². The number of halogens is 1. The predicted molar refractivity (Wildman–Crippen MR) is 113 cm³/mol. The first-order valence-electron chi connectivity index (χ1n) is 9.01. The van der Waals surface area contributed by atoms with E-state index in [-0.39, 0.29) is 28.9 Å². The van der Waals surface area contributed by atoms with E-state index in [1.54, 1.807) is 23.1 Å². The first-order valence-corrected chi connectivity index (χ1v) is 11.8. The van der Waals surface area contributed by atoms with Gasteiger partial charge in [0.2, 0.25) is 15.9 Å². The lowest BCUT2D eigenvalue weighted by atomic mass is 10.2. The molecule has 1 aliphatic heterocycles. The molecule has 5 nitrogen and oxygen atoms in total. The van der Waals surface area contributed by atoms with Gasteiger partial charge in [0.25, 0.3) is 0 Å². The Hall–Kier alpha value is -1.54. The van der Waals surface area contributed by atoms with E-state index in [1.807, 2.05) is 13.8 Å². The largest absolute Gasteiger partial charge is 0.339 e. The molecule has 0 saturated carbocycles. The summed E-state index contributed by atoms with van der Waals surface area (Å²) in [7, 11) is -3.65. The number of hydrogen-bond acceptors (Lipinski definition) is 4. The Balaban J connectivity index is 1.58. The molecular formula is C20H23ClN2O3S2. The van der Waals surface area contributed by atoms with Crippen molar-refractivity contribution in [3.63, 3.8) is 0 Å². The molecule has 0 unspecified atom stereocenters. The minimum atomic E-state index is -3.65. The first kappa shape index (κ1) is 21.2. The Morgan fingerprint density at radius 3 is 2.43 bits per heavy atom. The minimum Gasteiger partial charge on any atom is -0.339 e. The summed E-state index contributed by atoms with van der Waals surface area (Å²) < 4.78 is 27.0. The highest BCUT2D eigenvalue weighted by atomic mass is 35.5. The van der Waals surface area contributed by atoms with Crippen LogP contribution in [0.1, 0.15) is 11.1 Å². The predicted octanol–water partition coefficient (Wildman–Crippen LogP) is 3.58. The number of aryl methyl sites for hydroxylation is 2. The number of amides is 1. The van der Waals surface area contributed by atoms with Crippen molar-refractivity contribution in [1.82, 2.24) is 9.21 Å². The van der Waals surface area contributed by atoms with Crippen molar-refractivity contribution in [2.45, 2.75) is 23.6 Å². The molecule has 8 heteroatoms. The van der Waals surface area contributed by atoms with Gasteiger partial charge in [0.1, 0.15) is 4.90 Å². The molecule has 0 radical (unpaired) electrons. The molecule has 0 aliphatic carbocycles. The van der Waals surface area contributed by atoms with Crippen molar-refractivity contribution < 1.29 is 13.2 Å². The minimum absolute atomic E-state index is 0.0284. The zero-order valence-corrected chi connectivity index (χ0v) is 18.3. The number of carbonyl (C=O) groups excluding carboxylic acids is 1. The van der Waals surface area contributed by atoms with Gasteiger partial charge in [-0.1, -0.05) is 41.4 Å². The van der Waals surface area contributed by atoms with Crippen molar-refractivity contribution in [2.24, 2.45) is 0 Å².